The molecule has 1 saturated carbocycles. The Morgan fingerprint density at radius 2 is 2.06 bits per heavy atom. The first kappa shape index (κ1) is 12.9. The van der Waals surface area contributed by atoms with Crippen molar-refractivity contribution in [3.8, 4) is 0 Å². The van der Waals surface area contributed by atoms with Gasteiger partial charge in [-0.3, -0.25) is 4.90 Å². The van der Waals surface area contributed by atoms with Gasteiger partial charge in [0.25, 0.3) is 0 Å². The Balaban J connectivity index is 1.64. The zero-order valence-corrected chi connectivity index (χ0v) is 11.6. The van der Waals surface area contributed by atoms with Gasteiger partial charge >= 0.3 is 0 Å². The monoisotopic (exact) mass is 252 g/mol. The number of nitrogens with two attached hydrogens (primary N) is 1. The van der Waals surface area contributed by atoms with Gasteiger partial charge in [0.2, 0.25) is 0 Å². The second-order valence-electron chi connectivity index (χ2n) is 6.73. The van der Waals surface area contributed by atoms with E-state index in [0.717, 1.165) is 31.7 Å². The third-order valence-electron chi connectivity index (χ3n) is 5.50. The van der Waals surface area contributed by atoms with Crippen molar-refractivity contribution >= 4 is 0 Å². The van der Waals surface area contributed by atoms with Crippen molar-refractivity contribution in [3.63, 3.8) is 0 Å². The molecule has 0 amide bonds. The standard InChI is InChI=1S/C15H28N2O/c16-10-15(7-3-9-18-12-15)11-17-8-6-13-4-1-2-5-14(13)17/h13-14H,1-12,16H2. The van der Waals surface area contributed by atoms with Crippen molar-refractivity contribution in [1.82, 2.24) is 4.90 Å². The first-order valence-electron chi connectivity index (χ1n) is 7.85. The second kappa shape index (κ2) is 5.48. The molecule has 3 unspecified atom stereocenters. The summed E-state index contributed by atoms with van der Waals surface area (Å²) in [5.74, 6) is 0.984. The van der Waals surface area contributed by atoms with E-state index >= 15 is 0 Å². The van der Waals surface area contributed by atoms with Crippen LogP contribution in [0.4, 0.5) is 0 Å². The molecule has 3 rings (SSSR count). The molecule has 2 N–H and O–H groups in total. The van der Waals surface area contributed by atoms with E-state index in [2.05, 4.69) is 4.90 Å². The highest BCUT2D eigenvalue weighted by Gasteiger charge is 2.41. The van der Waals surface area contributed by atoms with Gasteiger partial charge in [-0.15, -0.1) is 0 Å². The molecule has 0 aromatic carbocycles. The maximum atomic E-state index is 6.08. The van der Waals surface area contributed by atoms with E-state index in [4.69, 9.17) is 10.5 Å². The normalized spacial score (nSPS) is 41.8. The number of rotatable bonds is 3. The molecule has 1 aliphatic carbocycles. The minimum absolute atomic E-state index is 0.255. The second-order valence-corrected chi connectivity index (χ2v) is 6.73. The zero-order valence-electron chi connectivity index (χ0n) is 11.6. The number of ether oxygens (including phenoxy) is 1. The predicted molar refractivity (Wildman–Crippen MR) is 73.5 cm³/mol. The maximum Gasteiger partial charge on any atom is 0.0546 e. The number of nitrogens with zero attached hydrogens (tertiary/aromatic N) is 1. The molecule has 104 valence electrons. The van der Waals surface area contributed by atoms with Crippen molar-refractivity contribution in [2.24, 2.45) is 17.1 Å². The van der Waals surface area contributed by atoms with Crippen LogP contribution in [0, 0.1) is 11.3 Å². The van der Waals surface area contributed by atoms with E-state index < -0.39 is 0 Å². The molecule has 2 aliphatic heterocycles. The summed E-state index contributed by atoms with van der Waals surface area (Å²) < 4.78 is 5.72. The minimum Gasteiger partial charge on any atom is -0.381 e. The molecular weight excluding hydrogens is 224 g/mol. The summed E-state index contributed by atoms with van der Waals surface area (Å²) in [5.41, 5.74) is 6.33. The predicted octanol–water partition coefficient (Wildman–Crippen LogP) is 2.01. The van der Waals surface area contributed by atoms with E-state index in [9.17, 15) is 0 Å². The van der Waals surface area contributed by atoms with E-state index in [1.807, 2.05) is 0 Å². The maximum absolute atomic E-state index is 6.08. The summed E-state index contributed by atoms with van der Waals surface area (Å²) in [5, 5.41) is 0. The van der Waals surface area contributed by atoms with E-state index in [1.165, 1.54) is 58.0 Å². The Morgan fingerprint density at radius 1 is 1.17 bits per heavy atom. The van der Waals surface area contributed by atoms with Gasteiger partial charge in [-0.25, -0.2) is 0 Å². The molecule has 2 saturated heterocycles. The van der Waals surface area contributed by atoms with E-state index in [1.54, 1.807) is 0 Å². The smallest absolute Gasteiger partial charge is 0.0546 e. The fraction of sp³-hybridized carbons (Fsp3) is 1.00. The van der Waals surface area contributed by atoms with Crippen molar-refractivity contribution < 1.29 is 4.74 Å². The van der Waals surface area contributed by atoms with Gasteiger partial charge in [0.05, 0.1) is 6.61 Å². The highest BCUT2D eigenvalue weighted by atomic mass is 16.5. The summed E-state index contributed by atoms with van der Waals surface area (Å²) in [6, 6.07) is 0.865. The van der Waals surface area contributed by atoms with E-state index in [0.29, 0.717) is 0 Å². The third kappa shape index (κ3) is 2.45. The Labute approximate surface area is 111 Å². The summed E-state index contributed by atoms with van der Waals surface area (Å²) in [4.78, 5) is 2.76. The van der Waals surface area contributed by atoms with Gasteiger partial charge in [0.1, 0.15) is 0 Å². The number of likely N-dealkylation sites (tertiary alicyclic amines) is 1. The average Bonchev–Trinajstić information content (AvgIpc) is 2.83. The van der Waals surface area contributed by atoms with Crippen LogP contribution in [-0.2, 0) is 4.74 Å². The molecule has 3 nitrogen and oxygen atoms in total. The van der Waals surface area contributed by atoms with Crippen LogP contribution in [0.3, 0.4) is 0 Å². The van der Waals surface area contributed by atoms with Gasteiger partial charge in [-0.1, -0.05) is 12.8 Å². The third-order valence-corrected chi connectivity index (χ3v) is 5.50. The largest absolute Gasteiger partial charge is 0.381 e. The Hall–Kier alpha value is -0.120. The van der Waals surface area contributed by atoms with E-state index in [-0.39, 0.29) is 5.41 Å². The van der Waals surface area contributed by atoms with Crippen LogP contribution in [0.1, 0.15) is 44.9 Å². The van der Waals surface area contributed by atoms with Gasteiger partial charge in [-0.2, -0.15) is 0 Å². The molecule has 3 fully saturated rings. The number of hydrogen-bond donors (Lipinski definition) is 1. The number of hydrogen-bond acceptors (Lipinski definition) is 3. The zero-order chi connectivity index (χ0) is 12.4. The highest BCUT2D eigenvalue weighted by Crippen LogP contribution is 2.39. The molecule has 0 aromatic heterocycles. The summed E-state index contributed by atoms with van der Waals surface area (Å²) in [7, 11) is 0. The van der Waals surface area contributed by atoms with Crippen LogP contribution in [0.2, 0.25) is 0 Å². The van der Waals surface area contributed by atoms with Crippen molar-refractivity contribution in [2.75, 3.05) is 32.8 Å². The Bertz CT molecular complexity index is 276. The molecule has 3 heteroatoms. The lowest BCUT2D eigenvalue weighted by molar-refractivity contribution is -0.0267. The summed E-state index contributed by atoms with van der Waals surface area (Å²) in [6.45, 7) is 5.10. The average molecular weight is 252 g/mol. The molecule has 3 atom stereocenters. The Morgan fingerprint density at radius 3 is 2.83 bits per heavy atom. The number of fused-ring (bicyclic) bond motifs is 1. The summed E-state index contributed by atoms with van der Waals surface area (Å²) in [6.07, 6.45) is 9.66. The molecule has 0 radical (unpaired) electrons. The van der Waals surface area contributed by atoms with Crippen LogP contribution >= 0.6 is 0 Å². The van der Waals surface area contributed by atoms with Gasteiger partial charge in [0, 0.05) is 31.2 Å². The lowest BCUT2D eigenvalue weighted by atomic mass is 9.80. The van der Waals surface area contributed by atoms with Crippen LogP contribution in [0.15, 0.2) is 0 Å². The lowest BCUT2D eigenvalue weighted by Gasteiger charge is -2.42. The van der Waals surface area contributed by atoms with Gasteiger partial charge in [-0.05, 0) is 44.6 Å². The molecule has 3 aliphatic rings. The highest BCUT2D eigenvalue weighted by molar-refractivity contribution is 4.94. The first-order chi connectivity index (χ1) is 8.83. The minimum atomic E-state index is 0.255. The van der Waals surface area contributed by atoms with Crippen molar-refractivity contribution in [3.05, 3.63) is 0 Å². The fourth-order valence-electron chi connectivity index (χ4n) is 4.39. The topological polar surface area (TPSA) is 38.5 Å². The first-order valence-corrected chi connectivity index (χ1v) is 7.85. The van der Waals surface area contributed by atoms with Crippen LogP contribution in [0.25, 0.3) is 0 Å². The summed E-state index contributed by atoms with van der Waals surface area (Å²) >= 11 is 0. The van der Waals surface area contributed by atoms with Gasteiger partial charge < -0.3 is 10.5 Å². The molecule has 0 bridgehead atoms. The van der Waals surface area contributed by atoms with Crippen LogP contribution in [0.5, 0.6) is 0 Å². The molecule has 2 heterocycles. The van der Waals surface area contributed by atoms with Crippen LogP contribution in [-0.4, -0.2) is 43.8 Å². The van der Waals surface area contributed by atoms with Crippen LogP contribution < -0.4 is 5.73 Å². The molecule has 0 spiro atoms. The SMILES string of the molecule is NCC1(CN2CCC3CCCCC32)CCCOC1. The molecule has 0 aromatic rings. The van der Waals surface area contributed by atoms with Crippen molar-refractivity contribution in [2.45, 2.75) is 51.0 Å². The Kier molecular flexibility index (Phi) is 3.92. The van der Waals surface area contributed by atoms with Gasteiger partial charge in [0.15, 0.2) is 0 Å². The molecular formula is C15H28N2O. The van der Waals surface area contributed by atoms with Crippen molar-refractivity contribution in [1.29, 1.82) is 0 Å². The quantitative estimate of drug-likeness (QED) is 0.835. The fourth-order valence-corrected chi connectivity index (χ4v) is 4.39. The molecule has 18 heavy (non-hydrogen) atoms. The lowest BCUT2D eigenvalue weighted by Crippen LogP contribution is -2.49.